The van der Waals surface area contributed by atoms with Crippen LogP contribution in [0.25, 0.3) is 22.0 Å². The minimum atomic E-state index is 0.476. The van der Waals surface area contributed by atoms with Crippen molar-refractivity contribution in [1.82, 2.24) is 10.3 Å². The van der Waals surface area contributed by atoms with Crippen LogP contribution in [0.3, 0.4) is 0 Å². The van der Waals surface area contributed by atoms with Crippen molar-refractivity contribution in [3.8, 4) is 17.0 Å². The molecule has 4 rings (SSSR count). The zero-order valence-corrected chi connectivity index (χ0v) is 12.8. The Morgan fingerprint density at radius 2 is 1.87 bits per heavy atom. The Bertz CT molecular complexity index is 843. The average Bonchev–Trinajstić information content (AvgIpc) is 2.53. The first kappa shape index (κ1) is 14.0. The fourth-order valence-electron chi connectivity index (χ4n) is 2.90. The molecule has 1 aliphatic heterocycles. The van der Waals surface area contributed by atoms with Gasteiger partial charge in [0.15, 0.2) is 0 Å². The van der Waals surface area contributed by atoms with Crippen LogP contribution in [0.1, 0.15) is 6.42 Å². The molecule has 3 aromatic rings. The molecular weight excluding hydrogens is 286 g/mol. The van der Waals surface area contributed by atoms with Gasteiger partial charge in [-0.15, -0.1) is 0 Å². The van der Waals surface area contributed by atoms with E-state index in [0.717, 1.165) is 34.3 Å². The second kappa shape index (κ2) is 5.89. The third-order valence-electron chi connectivity index (χ3n) is 4.30. The summed E-state index contributed by atoms with van der Waals surface area (Å²) in [4.78, 5) is 4.45. The van der Waals surface area contributed by atoms with Crippen LogP contribution in [0.5, 0.6) is 5.75 Å². The van der Waals surface area contributed by atoms with Crippen molar-refractivity contribution in [2.24, 2.45) is 0 Å². The highest BCUT2D eigenvalue weighted by molar-refractivity contribution is 5.99. The summed E-state index contributed by atoms with van der Waals surface area (Å²) in [6, 6.07) is 18.5. The second-order valence-corrected chi connectivity index (χ2v) is 5.86. The number of aromatic nitrogens is 1. The van der Waals surface area contributed by atoms with E-state index in [2.05, 4.69) is 28.5 Å². The summed E-state index contributed by atoms with van der Waals surface area (Å²) in [6.07, 6.45) is 1.18. The molecule has 0 radical (unpaired) electrons. The fourth-order valence-corrected chi connectivity index (χ4v) is 2.90. The molecule has 1 aliphatic rings. The standard InChI is InChI=1S/C19H19N3O/c20-19-7-3-6-17(22-19)15-8-9-18(23-12-13-10-11-21-13)16-5-2-1-4-14(15)16/h1-9,13,21H,10-12H2,(H2,20,22). The monoisotopic (exact) mass is 305 g/mol. The van der Waals surface area contributed by atoms with Gasteiger partial charge in [-0.05, 0) is 42.6 Å². The minimum Gasteiger partial charge on any atom is -0.491 e. The van der Waals surface area contributed by atoms with Gasteiger partial charge in [0, 0.05) is 17.0 Å². The molecular formula is C19H19N3O. The molecule has 1 aromatic heterocycles. The highest BCUT2D eigenvalue weighted by Gasteiger charge is 2.17. The lowest BCUT2D eigenvalue weighted by atomic mass is 10.0. The summed E-state index contributed by atoms with van der Waals surface area (Å²) in [5, 5.41) is 5.59. The molecule has 1 saturated heterocycles. The Labute approximate surface area is 135 Å². The molecule has 3 N–H and O–H groups in total. The number of anilines is 1. The van der Waals surface area contributed by atoms with Gasteiger partial charge in [0.2, 0.25) is 0 Å². The normalized spacial score (nSPS) is 17.0. The Kier molecular flexibility index (Phi) is 3.60. The Balaban J connectivity index is 1.75. The Morgan fingerprint density at radius 1 is 1.04 bits per heavy atom. The van der Waals surface area contributed by atoms with Crippen LogP contribution in [-0.4, -0.2) is 24.2 Å². The predicted octanol–water partition coefficient (Wildman–Crippen LogP) is 3.22. The summed E-state index contributed by atoms with van der Waals surface area (Å²) in [7, 11) is 0. The van der Waals surface area contributed by atoms with Crippen LogP contribution in [0.4, 0.5) is 5.82 Å². The van der Waals surface area contributed by atoms with E-state index in [1.54, 1.807) is 6.07 Å². The zero-order valence-electron chi connectivity index (χ0n) is 12.8. The lowest BCUT2D eigenvalue weighted by Crippen LogP contribution is -2.46. The van der Waals surface area contributed by atoms with Crippen LogP contribution in [0.15, 0.2) is 54.6 Å². The number of pyridine rings is 1. The molecule has 4 nitrogen and oxygen atoms in total. The predicted molar refractivity (Wildman–Crippen MR) is 93.5 cm³/mol. The molecule has 23 heavy (non-hydrogen) atoms. The van der Waals surface area contributed by atoms with Crippen molar-refractivity contribution in [2.45, 2.75) is 12.5 Å². The maximum atomic E-state index is 6.03. The SMILES string of the molecule is Nc1cccc(-c2ccc(OCC3CCN3)c3ccccc23)n1. The second-order valence-electron chi connectivity index (χ2n) is 5.86. The Morgan fingerprint density at radius 3 is 2.61 bits per heavy atom. The first-order valence-corrected chi connectivity index (χ1v) is 7.92. The molecule has 0 spiro atoms. The maximum Gasteiger partial charge on any atom is 0.127 e. The third kappa shape index (κ3) is 2.73. The van der Waals surface area contributed by atoms with Gasteiger partial charge >= 0.3 is 0 Å². The quantitative estimate of drug-likeness (QED) is 0.777. The maximum absolute atomic E-state index is 6.03. The summed E-state index contributed by atoms with van der Waals surface area (Å²) in [5.41, 5.74) is 7.78. The van der Waals surface area contributed by atoms with E-state index in [9.17, 15) is 0 Å². The summed E-state index contributed by atoms with van der Waals surface area (Å²) < 4.78 is 6.03. The first-order chi connectivity index (χ1) is 11.3. The topological polar surface area (TPSA) is 60.2 Å². The van der Waals surface area contributed by atoms with E-state index in [1.807, 2.05) is 30.3 Å². The largest absolute Gasteiger partial charge is 0.491 e. The average molecular weight is 305 g/mol. The summed E-state index contributed by atoms with van der Waals surface area (Å²) in [6.45, 7) is 1.80. The highest BCUT2D eigenvalue weighted by atomic mass is 16.5. The third-order valence-corrected chi connectivity index (χ3v) is 4.30. The number of hydrogen-bond acceptors (Lipinski definition) is 4. The van der Waals surface area contributed by atoms with Gasteiger partial charge in [-0.2, -0.15) is 0 Å². The Hall–Kier alpha value is -2.59. The van der Waals surface area contributed by atoms with Gasteiger partial charge in [0.1, 0.15) is 18.2 Å². The van der Waals surface area contributed by atoms with Gasteiger partial charge in [0.05, 0.1) is 5.69 Å². The van der Waals surface area contributed by atoms with Crippen molar-refractivity contribution in [1.29, 1.82) is 0 Å². The highest BCUT2D eigenvalue weighted by Crippen LogP contribution is 2.34. The number of nitrogen functional groups attached to an aromatic ring is 1. The van der Waals surface area contributed by atoms with Crippen LogP contribution in [-0.2, 0) is 0 Å². The summed E-state index contributed by atoms with van der Waals surface area (Å²) in [5.74, 6) is 1.45. The lowest BCUT2D eigenvalue weighted by molar-refractivity contribution is 0.219. The van der Waals surface area contributed by atoms with Crippen molar-refractivity contribution in [2.75, 3.05) is 18.9 Å². The number of nitrogens with two attached hydrogens (primary N) is 1. The molecule has 1 fully saturated rings. The number of nitrogens with one attached hydrogen (secondary N) is 1. The van der Waals surface area contributed by atoms with E-state index in [4.69, 9.17) is 10.5 Å². The molecule has 2 aromatic carbocycles. The van der Waals surface area contributed by atoms with Crippen molar-refractivity contribution >= 4 is 16.6 Å². The van der Waals surface area contributed by atoms with Crippen LogP contribution in [0.2, 0.25) is 0 Å². The number of nitrogens with zero attached hydrogens (tertiary/aromatic N) is 1. The fraction of sp³-hybridized carbons (Fsp3) is 0.211. The summed E-state index contributed by atoms with van der Waals surface area (Å²) >= 11 is 0. The van der Waals surface area contributed by atoms with E-state index < -0.39 is 0 Å². The first-order valence-electron chi connectivity index (χ1n) is 7.92. The molecule has 0 aliphatic carbocycles. The van der Waals surface area contributed by atoms with E-state index >= 15 is 0 Å². The van der Waals surface area contributed by atoms with Gasteiger partial charge in [-0.1, -0.05) is 30.3 Å². The van der Waals surface area contributed by atoms with Crippen molar-refractivity contribution in [3.63, 3.8) is 0 Å². The molecule has 1 atom stereocenters. The number of fused-ring (bicyclic) bond motifs is 1. The van der Waals surface area contributed by atoms with Crippen molar-refractivity contribution < 1.29 is 4.74 Å². The van der Waals surface area contributed by atoms with E-state index in [1.165, 1.54) is 6.42 Å². The van der Waals surface area contributed by atoms with Crippen LogP contribution in [0, 0.1) is 0 Å². The van der Waals surface area contributed by atoms with E-state index in [0.29, 0.717) is 18.5 Å². The van der Waals surface area contributed by atoms with Gasteiger partial charge in [0.25, 0.3) is 0 Å². The van der Waals surface area contributed by atoms with Crippen LogP contribution < -0.4 is 15.8 Å². The van der Waals surface area contributed by atoms with Crippen LogP contribution >= 0.6 is 0 Å². The zero-order chi connectivity index (χ0) is 15.6. The van der Waals surface area contributed by atoms with Crippen molar-refractivity contribution in [3.05, 3.63) is 54.6 Å². The number of hydrogen-bond donors (Lipinski definition) is 2. The molecule has 0 amide bonds. The molecule has 1 unspecified atom stereocenters. The van der Waals surface area contributed by atoms with E-state index in [-0.39, 0.29) is 0 Å². The smallest absolute Gasteiger partial charge is 0.127 e. The molecule has 0 bridgehead atoms. The molecule has 116 valence electrons. The molecule has 4 heteroatoms. The van der Waals surface area contributed by atoms with Gasteiger partial charge in [-0.25, -0.2) is 4.98 Å². The number of ether oxygens (including phenoxy) is 1. The number of rotatable bonds is 4. The van der Waals surface area contributed by atoms with Gasteiger partial charge < -0.3 is 15.8 Å². The number of benzene rings is 2. The molecule has 2 heterocycles. The molecule has 0 saturated carbocycles. The van der Waals surface area contributed by atoms with Gasteiger partial charge in [-0.3, -0.25) is 0 Å². The minimum absolute atomic E-state index is 0.476. The lowest BCUT2D eigenvalue weighted by Gasteiger charge is -2.27.